The minimum atomic E-state index is -1.12. The van der Waals surface area contributed by atoms with Gasteiger partial charge in [-0.3, -0.25) is 4.79 Å². The summed E-state index contributed by atoms with van der Waals surface area (Å²) in [6.45, 7) is 12.3. The van der Waals surface area contributed by atoms with Crippen LogP contribution in [-0.2, 0) is 28.6 Å². The molecule has 3 aliphatic rings. The van der Waals surface area contributed by atoms with Crippen molar-refractivity contribution in [3.63, 3.8) is 0 Å². The first kappa shape index (κ1) is 17.2. The molecule has 0 amide bonds. The lowest BCUT2D eigenvalue weighted by Crippen LogP contribution is -2.41. The number of hydrogen-bond acceptors (Lipinski definition) is 6. The van der Waals surface area contributed by atoms with Crippen LogP contribution in [0.2, 0.25) is 0 Å². The zero-order valence-corrected chi connectivity index (χ0v) is 14.5. The predicted molar refractivity (Wildman–Crippen MR) is 88.2 cm³/mol. The van der Waals surface area contributed by atoms with E-state index in [0.717, 1.165) is 0 Å². The van der Waals surface area contributed by atoms with E-state index in [1.165, 1.54) is 6.08 Å². The molecule has 0 unspecified atom stereocenters. The van der Waals surface area contributed by atoms with E-state index in [1.54, 1.807) is 26.8 Å². The molecule has 3 aliphatic heterocycles. The van der Waals surface area contributed by atoms with Gasteiger partial charge in [-0.15, -0.1) is 0 Å². The fourth-order valence-corrected chi connectivity index (χ4v) is 3.30. The number of ketones is 1. The van der Waals surface area contributed by atoms with Crippen LogP contribution in [0.15, 0.2) is 47.8 Å². The maximum atomic E-state index is 12.4. The number of ether oxygens (including phenoxy) is 3. The van der Waals surface area contributed by atoms with Crippen molar-refractivity contribution >= 4 is 17.7 Å². The van der Waals surface area contributed by atoms with Gasteiger partial charge in [0.25, 0.3) is 0 Å². The van der Waals surface area contributed by atoms with Crippen LogP contribution in [0.1, 0.15) is 27.2 Å². The summed E-state index contributed by atoms with van der Waals surface area (Å²) in [6.07, 6.45) is 1.81. The Bertz CT molecular complexity index is 771. The van der Waals surface area contributed by atoms with Gasteiger partial charge in [-0.1, -0.05) is 13.2 Å². The smallest absolute Gasteiger partial charge is 0.334 e. The molecule has 0 aliphatic carbocycles. The number of fused-ring (bicyclic) bond motifs is 3. The highest BCUT2D eigenvalue weighted by Crippen LogP contribution is 2.42. The molecule has 3 rings (SSSR count). The maximum Gasteiger partial charge on any atom is 0.334 e. The molecule has 132 valence electrons. The first-order valence-corrected chi connectivity index (χ1v) is 8.02. The molecule has 0 N–H and O–H groups in total. The van der Waals surface area contributed by atoms with Gasteiger partial charge in [0, 0.05) is 23.6 Å². The van der Waals surface area contributed by atoms with Crippen LogP contribution in [-0.4, -0.2) is 35.5 Å². The molecule has 0 aromatic carbocycles. The number of rotatable bonds is 2. The summed E-state index contributed by atoms with van der Waals surface area (Å²) in [5.74, 6) is -1.46. The second-order valence-corrected chi connectivity index (χ2v) is 6.90. The van der Waals surface area contributed by atoms with Gasteiger partial charge in [0.15, 0.2) is 5.60 Å². The normalized spacial score (nSPS) is 36.0. The molecule has 0 radical (unpaired) electrons. The predicted octanol–water partition coefficient (Wildman–Crippen LogP) is 2.16. The lowest BCUT2D eigenvalue weighted by Gasteiger charge is -2.29. The molecule has 25 heavy (non-hydrogen) atoms. The highest BCUT2D eigenvalue weighted by Gasteiger charge is 2.52. The Labute approximate surface area is 145 Å². The zero-order valence-electron chi connectivity index (χ0n) is 14.5. The molecule has 0 aromatic heterocycles. The Hall–Kier alpha value is -2.63. The van der Waals surface area contributed by atoms with Gasteiger partial charge >= 0.3 is 11.9 Å². The summed E-state index contributed by atoms with van der Waals surface area (Å²) in [5, 5.41) is 0. The average molecular weight is 344 g/mol. The molecule has 1 saturated heterocycles. The van der Waals surface area contributed by atoms with Crippen molar-refractivity contribution in [2.75, 3.05) is 0 Å². The van der Waals surface area contributed by atoms with Crippen LogP contribution >= 0.6 is 0 Å². The van der Waals surface area contributed by atoms with Crippen molar-refractivity contribution < 1.29 is 28.6 Å². The minimum absolute atomic E-state index is 0.156. The largest absolute Gasteiger partial charge is 0.479 e. The van der Waals surface area contributed by atoms with Gasteiger partial charge in [-0.2, -0.15) is 0 Å². The van der Waals surface area contributed by atoms with Crippen molar-refractivity contribution in [1.82, 2.24) is 0 Å². The van der Waals surface area contributed by atoms with Crippen LogP contribution in [0.3, 0.4) is 0 Å². The van der Waals surface area contributed by atoms with E-state index in [1.807, 2.05) is 0 Å². The van der Waals surface area contributed by atoms with Gasteiger partial charge in [-0.05, 0) is 32.4 Å². The fraction of sp³-hybridized carbons (Fsp3) is 0.421. The summed E-state index contributed by atoms with van der Waals surface area (Å²) >= 11 is 0. The van der Waals surface area contributed by atoms with E-state index in [0.29, 0.717) is 11.3 Å². The van der Waals surface area contributed by atoms with Crippen molar-refractivity contribution in [3.05, 3.63) is 47.8 Å². The number of hydrogen-bond donors (Lipinski definition) is 0. The maximum absolute atomic E-state index is 12.4. The summed E-state index contributed by atoms with van der Waals surface area (Å²) in [7, 11) is 0. The minimum Gasteiger partial charge on any atom is -0.479 e. The van der Waals surface area contributed by atoms with E-state index in [9.17, 15) is 14.4 Å². The second kappa shape index (κ2) is 5.72. The number of allylic oxidation sites excluding steroid dienone is 1. The standard InChI is InChI=1S/C19H20O6/c1-9(2)17(21)23-13-6-10(3)12-7-15(20)19(5,25-12)8-14-16(13)11(4)18(22)24-14/h6-7,13-14,16H,1,4,8H2,2-3,5H3/b10-6-/t13-,14+,16-,19-/m0/s1. The first-order valence-electron chi connectivity index (χ1n) is 8.02. The van der Waals surface area contributed by atoms with E-state index < -0.39 is 35.7 Å². The molecule has 3 heterocycles. The quantitative estimate of drug-likeness (QED) is 0.564. The number of carbonyl (C=O) groups excluding carboxylic acids is 3. The van der Waals surface area contributed by atoms with Crippen molar-refractivity contribution in [3.8, 4) is 0 Å². The Morgan fingerprint density at radius 2 is 2.08 bits per heavy atom. The third-order valence-corrected chi connectivity index (χ3v) is 4.78. The van der Waals surface area contributed by atoms with E-state index >= 15 is 0 Å². The lowest BCUT2D eigenvalue weighted by atomic mass is 9.83. The molecule has 0 saturated carbocycles. The van der Waals surface area contributed by atoms with Crippen molar-refractivity contribution in [2.45, 2.75) is 45.0 Å². The highest BCUT2D eigenvalue weighted by molar-refractivity contribution is 6.00. The van der Waals surface area contributed by atoms with Gasteiger partial charge in [-0.25, -0.2) is 9.59 Å². The summed E-state index contributed by atoms with van der Waals surface area (Å²) in [5.41, 5.74) is -0.0101. The van der Waals surface area contributed by atoms with Crippen LogP contribution < -0.4 is 0 Å². The van der Waals surface area contributed by atoms with Gasteiger partial charge < -0.3 is 14.2 Å². The monoisotopic (exact) mass is 344 g/mol. The van der Waals surface area contributed by atoms with Crippen LogP contribution in [0.25, 0.3) is 0 Å². The molecule has 2 bridgehead atoms. The first-order chi connectivity index (χ1) is 11.6. The van der Waals surface area contributed by atoms with Gasteiger partial charge in [0.1, 0.15) is 18.0 Å². The summed E-state index contributed by atoms with van der Waals surface area (Å²) in [6, 6.07) is 0. The van der Waals surface area contributed by atoms with Crippen LogP contribution in [0.5, 0.6) is 0 Å². The Morgan fingerprint density at radius 1 is 1.40 bits per heavy atom. The van der Waals surface area contributed by atoms with Crippen LogP contribution in [0.4, 0.5) is 0 Å². The molecule has 4 atom stereocenters. The van der Waals surface area contributed by atoms with Gasteiger partial charge in [0.05, 0.1) is 5.92 Å². The van der Waals surface area contributed by atoms with E-state index in [2.05, 4.69) is 13.2 Å². The average Bonchev–Trinajstić information content (AvgIpc) is 2.96. The topological polar surface area (TPSA) is 78.9 Å². The molecule has 6 nitrogen and oxygen atoms in total. The Kier molecular flexibility index (Phi) is 3.94. The van der Waals surface area contributed by atoms with Gasteiger partial charge in [0.2, 0.25) is 5.78 Å². The molecule has 1 fully saturated rings. The molecule has 6 heteroatoms. The number of esters is 2. The summed E-state index contributed by atoms with van der Waals surface area (Å²) in [4.78, 5) is 36.4. The second-order valence-electron chi connectivity index (χ2n) is 6.90. The third-order valence-electron chi connectivity index (χ3n) is 4.78. The zero-order chi connectivity index (χ0) is 18.5. The SMILES string of the molecule is C=C(C)C(=O)O[C@H]1/C=C(/C)C2=CC(=O)[C@](C)(C[C@H]3OC(=O)C(=C)[C@@H]13)O2. The lowest BCUT2D eigenvalue weighted by molar-refractivity contribution is -0.148. The molecule has 0 spiro atoms. The Balaban J connectivity index is 2.07. The third kappa shape index (κ3) is 2.81. The van der Waals surface area contributed by atoms with Crippen molar-refractivity contribution in [1.29, 1.82) is 0 Å². The molecular formula is C19H20O6. The molecule has 0 aromatic rings. The Morgan fingerprint density at radius 3 is 2.72 bits per heavy atom. The highest BCUT2D eigenvalue weighted by atomic mass is 16.6. The van der Waals surface area contributed by atoms with E-state index in [4.69, 9.17) is 14.2 Å². The fourth-order valence-electron chi connectivity index (χ4n) is 3.30. The number of carbonyl (C=O) groups is 3. The van der Waals surface area contributed by atoms with Crippen molar-refractivity contribution in [2.24, 2.45) is 5.92 Å². The van der Waals surface area contributed by atoms with E-state index in [-0.39, 0.29) is 23.4 Å². The molecular weight excluding hydrogens is 324 g/mol. The summed E-state index contributed by atoms with van der Waals surface area (Å²) < 4.78 is 16.8. The van der Waals surface area contributed by atoms with Crippen LogP contribution in [0, 0.1) is 5.92 Å².